The Balaban J connectivity index is 2.01. The second kappa shape index (κ2) is 6.65. The molecular weight excluding hydrogens is 370 g/mol. The molecule has 1 N–H and O–H groups in total. The number of fused-ring (bicyclic) bond motifs is 1. The molecule has 0 saturated heterocycles. The Kier molecular flexibility index (Phi) is 4.57. The van der Waals surface area contributed by atoms with Gasteiger partial charge in [0.25, 0.3) is 5.91 Å². The van der Waals surface area contributed by atoms with E-state index < -0.39 is 0 Å². The molecule has 0 atom stereocenters. The monoisotopic (exact) mass is 387 g/mol. The van der Waals surface area contributed by atoms with E-state index in [1.807, 2.05) is 57.3 Å². The second-order valence-corrected chi connectivity index (χ2v) is 6.34. The van der Waals surface area contributed by atoms with Crippen LogP contribution in [-0.2, 0) is 0 Å². The molecule has 6 heteroatoms. The number of benzene rings is 1. The minimum absolute atomic E-state index is 0.210. The summed E-state index contributed by atoms with van der Waals surface area (Å²) in [6.45, 7) is 6.29. The quantitative estimate of drug-likeness (QED) is 0.723. The van der Waals surface area contributed by atoms with Gasteiger partial charge < -0.3 is 10.1 Å². The van der Waals surface area contributed by atoms with E-state index >= 15 is 0 Å². The lowest BCUT2D eigenvalue weighted by atomic mass is 10.2. The topological polar surface area (TPSA) is 55.6 Å². The number of ether oxygens (including phenoxy) is 1. The van der Waals surface area contributed by atoms with Crippen LogP contribution >= 0.6 is 15.9 Å². The second-order valence-electron chi connectivity index (χ2n) is 5.48. The highest BCUT2D eigenvalue weighted by atomic mass is 79.9. The lowest BCUT2D eigenvalue weighted by Crippen LogP contribution is -2.16. The Hall–Kier alpha value is -2.34. The fraction of sp³-hybridized carbons (Fsp3) is 0.222. The number of hydrogen-bond acceptors (Lipinski definition) is 3. The normalized spacial score (nSPS) is 10.8. The van der Waals surface area contributed by atoms with E-state index in [0.29, 0.717) is 29.4 Å². The molecule has 24 heavy (non-hydrogen) atoms. The number of anilines is 1. The first-order valence-corrected chi connectivity index (χ1v) is 8.48. The minimum Gasteiger partial charge on any atom is -0.490 e. The van der Waals surface area contributed by atoms with Crippen molar-refractivity contribution in [3.8, 4) is 5.75 Å². The Bertz CT molecular complexity index is 918. The molecule has 124 valence electrons. The number of imidazole rings is 1. The number of rotatable bonds is 4. The molecule has 0 spiro atoms. The summed E-state index contributed by atoms with van der Waals surface area (Å²) in [5.74, 6) is 0.455. The predicted molar refractivity (Wildman–Crippen MR) is 97.9 cm³/mol. The Labute approximate surface area is 148 Å². The highest BCUT2D eigenvalue weighted by Gasteiger charge is 2.19. The van der Waals surface area contributed by atoms with Crippen molar-refractivity contribution < 1.29 is 9.53 Å². The molecule has 1 amide bonds. The van der Waals surface area contributed by atoms with Gasteiger partial charge in [-0.25, -0.2) is 4.98 Å². The number of amides is 1. The fourth-order valence-corrected chi connectivity index (χ4v) is 3.19. The van der Waals surface area contributed by atoms with Crippen LogP contribution in [0.15, 0.2) is 41.0 Å². The van der Waals surface area contributed by atoms with Crippen LogP contribution in [0.1, 0.15) is 28.7 Å². The Morgan fingerprint density at radius 1 is 1.33 bits per heavy atom. The molecule has 0 fully saturated rings. The van der Waals surface area contributed by atoms with Crippen LogP contribution in [0.3, 0.4) is 0 Å². The summed E-state index contributed by atoms with van der Waals surface area (Å²) in [7, 11) is 0. The zero-order valence-corrected chi connectivity index (χ0v) is 15.3. The Morgan fingerprint density at radius 2 is 2.12 bits per heavy atom. The third-order valence-corrected chi connectivity index (χ3v) is 4.33. The van der Waals surface area contributed by atoms with Gasteiger partial charge >= 0.3 is 0 Å². The maximum Gasteiger partial charge on any atom is 0.274 e. The average Bonchev–Trinajstić information content (AvgIpc) is 2.87. The molecule has 0 unspecified atom stereocenters. The molecule has 2 aromatic heterocycles. The van der Waals surface area contributed by atoms with Gasteiger partial charge in [0.15, 0.2) is 11.4 Å². The number of hydrogen-bond donors (Lipinski definition) is 1. The Morgan fingerprint density at radius 3 is 2.83 bits per heavy atom. The van der Waals surface area contributed by atoms with E-state index in [1.165, 1.54) is 0 Å². The third kappa shape index (κ3) is 3.01. The van der Waals surface area contributed by atoms with Crippen molar-refractivity contribution in [2.24, 2.45) is 0 Å². The van der Waals surface area contributed by atoms with Crippen molar-refractivity contribution in [3.63, 3.8) is 0 Å². The van der Waals surface area contributed by atoms with E-state index in [1.54, 1.807) is 4.40 Å². The summed E-state index contributed by atoms with van der Waals surface area (Å²) in [5.41, 5.74) is 3.64. The van der Waals surface area contributed by atoms with Crippen LogP contribution in [0, 0.1) is 13.8 Å². The van der Waals surface area contributed by atoms with Crippen LogP contribution in [0.4, 0.5) is 5.69 Å². The molecular formula is C18H18BrN3O2. The lowest BCUT2D eigenvalue weighted by Gasteiger charge is -2.09. The molecule has 3 aromatic rings. The molecule has 0 saturated carbocycles. The van der Waals surface area contributed by atoms with E-state index in [9.17, 15) is 4.79 Å². The number of aryl methyl sites for hydroxylation is 2. The smallest absolute Gasteiger partial charge is 0.274 e. The molecule has 3 rings (SSSR count). The van der Waals surface area contributed by atoms with E-state index in [0.717, 1.165) is 15.7 Å². The van der Waals surface area contributed by atoms with Crippen molar-refractivity contribution in [2.45, 2.75) is 20.8 Å². The number of pyridine rings is 1. The van der Waals surface area contributed by atoms with Crippen molar-refractivity contribution >= 4 is 33.2 Å². The van der Waals surface area contributed by atoms with Gasteiger partial charge in [-0.15, -0.1) is 0 Å². The maximum absolute atomic E-state index is 12.8. The van der Waals surface area contributed by atoms with Crippen molar-refractivity contribution in [1.82, 2.24) is 9.38 Å². The fourth-order valence-electron chi connectivity index (χ4n) is 2.60. The number of halogens is 1. The van der Waals surface area contributed by atoms with Gasteiger partial charge in [-0.3, -0.25) is 9.20 Å². The molecule has 0 aliphatic rings. The van der Waals surface area contributed by atoms with Crippen molar-refractivity contribution in [3.05, 3.63) is 58.0 Å². The van der Waals surface area contributed by atoms with Crippen LogP contribution in [0.2, 0.25) is 0 Å². The first-order chi connectivity index (χ1) is 11.5. The minimum atomic E-state index is -0.210. The SMILES string of the molecule is CCOc1cccn2c(C(=O)Nc3ccc(C)cc3Br)c(C)nc12. The van der Waals surface area contributed by atoms with Crippen molar-refractivity contribution in [1.29, 1.82) is 0 Å². The van der Waals surface area contributed by atoms with E-state index in [4.69, 9.17) is 4.74 Å². The number of carbonyl (C=O) groups is 1. The zero-order valence-electron chi connectivity index (χ0n) is 13.8. The van der Waals surface area contributed by atoms with Gasteiger partial charge in [-0.05, 0) is 66.5 Å². The molecule has 0 aliphatic heterocycles. The summed E-state index contributed by atoms with van der Waals surface area (Å²) in [5, 5.41) is 2.94. The third-order valence-electron chi connectivity index (χ3n) is 3.68. The summed E-state index contributed by atoms with van der Waals surface area (Å²) >= 11 is 3.48. The summed E-state index contributed by atoms with van der Waals surface area (Å²) in [4.78, 5) is 17.3. The van der Waals surface area contributed by atoms with E-state index in [2.05, 4.69) is 26.2 Å². The lowest BCUT2D eigenvalue weighted by molar-refractivity contribution is 0.102. The molecule has 2 heterocycles. The van der Waals surface area contributed by atoms with Gasteiger partial charge in [0.1, 0.15) is 5.69 Å². The van der Waals surface area contributed by atoms with Crippen LogP contribution in [0.5, 0.6) is 5.75 Å². The number of aromatic nitrogens is 2. The van der Waals surface area contributed by atoms with Gasteiger partial charge in [0.2, 0.25) is 0 Å². The van der Waals surface area contributed by atoms with Crippen molar-refractivity contribution in [2.75, 3.05) is 11.9 Å². The van der Waals surface area contributed by atoms with Crippen LogP contribution in [0.25, 0.3) is 5.65 Å². The standard InChI is InChI=1S/C18H18BrN3O2/c1-4-24-15-6-5-9-22-16(12(3)20-17(15)22)18(23)21-14-8-7-11(2)10-13(14)19/h5-10H,4H2,1-3H3,(H,21,23). The predicted octanol–water partition coefficient (Wildman–Crippen LogP) is 4.36. The van der Waals surface area contributed by atoms with Gasteiger partial charge in [0.05, 0.1) is 18.0 Å². The first kappa shape index (κ1) is 16.5. The molecule has 1 aromatic carbocycles. The van der Waals surface area contributed by atoms with Crippen LogP contribution < -0.4 is 10.1 Å². The zero-order chi connectivity index (χ0) is 17.3. The molecule has 0 aliphatic carbocycles. The molecule has 5 nitrogen and oxygen atoms in total. The van der Waals surface area contributed by atoms with Crippen LogP contribution in [-0.4, -0.2) is 21.9 Å². The number of nitrogens with zero attached hydrogens (tertiary/aromatic N) is 2. The summed E-state index contributed by atoms with van der Waals surface area (Å²) in [6.07, 6.45) is 1.82. The summed E-state index contributed by atoms with van der Waals surface area (Å²) in [6, 6.07) is 9.49. The highest BCUT2D eigenvalue weighted by molar-refractivity contribution is 9.10. The van der Waals surface area contributed by atoms with Gasteiger partial charge in [0, 0.05) is 10.7 Å². The highest BCUT2D eigenvalue weighted by Crippen LogP contribution is 2.26. The average molecular weight is 388 g/mol. The number of carbonyl (C=O) groups excluding carboxylic acids is 1. The first-order valence-electron chi connectivity index (χ1n) is 7.69. The van der Waals surface area contributed by atoms with Gasteiger partial charge in [-0.1, -0.05) is 6.07 Å². The largest absolute Gasteiger partial charge is 0.490 e. The summed E-state index contributed by atoms with van der Waals surface area (Å²) < 4.78 is 8.20. The maximum atomic E-state index is 12.8. The number of nitrogens with one attached hydrogen (secondary N) is 1. The van der Waals surface area contributed by atoms with E-state index in [-0.39, 0.29) is 5.91 Å². The molecule has 0 bridgehead atoms. The van der Waals surface area contributed by atoms with Gasteiger partial charge in [-0.2, -0.15) is 0 Å². The molecule has 0 radical (unpaired) electrons.